The first kappa shape index (κ1) is 14.4. The number of halogens is 1. The molecule has 0 heterocycles. The molecule has 98 valence electrons. The number of ether oxygens (including phenoxy) is 1. The number of carbonyl (C=O) groups is 1. The second-order valence-corrected chi connectivity index (χ2v) is 4.44. The van der Waals surface area contributed by atoms with E-state index in [1.165, 1.54) is 12.1 Å². The standard InChI is InChI=1S/C14H17FO3/c1-10(2)8-18-9-11-3-5-13(15)12(7-11)4-6-14(16)17/h3-7,10H,8-9H2,1-2H3,(H,16,17). The molecule has 0 radical (unpaired) electrons. The molecule has 1 aromatic rings. The summed E-state index contributed by atoms with van der Waals surface area (Å²) in [5, 5.41) is 8.50. The summed E-state index contributed by atoms with van der Waals surface area (Å²) in [4.78, 5) is 10.4. The van der Waals surface area contributed by atoms with Crippen LogP contribution in [-0.2, 0) is 16.1 Å². The average Bonchev–Trinajstić information content (AvgIpc) is 2.29. The van der Waals surface area contributed by atoms with Crippen molar-refractivity contribution in [1.82, 2.24) is 0 Å². The molecular weight excluding hydrogens is 235 g/mol. The van der Waals surface area contributed by atoms with Crippen molar-refractivity contribution >= 4 is 12.0 Å². The van der Waals surface area contributed by atoms with E-state index >= 15 is 0 Å². The topological polar surface area (TPSA) is 46.5 Å². The minimum atomic E-state index is -1.10. The van der Waals surface area contributed by atoms with E-state index in [0.717, 1.165) is 11.6 Å². The molecular formula is C14H17FO3. The van der Waals surface area contributed by atoms with Gasteiger partial charge in [-0.05, 0) is 29.7 Å². The summed E-state index contributed by atoms with van der Waals surface area (Å²) in [5.74, 6) is -1.10. The van der Waals surface area contributed by atoms with Crippen molar-refractivity contribution in [3.8, 4) is 0 Å². The van der Waals surface area contributed by atoms with E-state index < -0.39 is 11.8 Å². The molecule has 0 aliphatic heterocycles. The van der Waals surface area contributed by atoms with Crippen LogP contribution >= 0.6 is 0 Å². The molecule has 0 fully saturated rings. The highest BCUT2D eigenvalue weighted by molar-refractivity contribution is 5.85. The zero-order chi connectivity index (χ0) is 13.5. The van der Waals surface area contributed by atoms with Crippen molar-refractivity contribution in [2.24, 2.45) is 5.92 Å². The first-order chi connectivity index (χ1) is 8.49. The van der Waals surface area contributed by atoms with Gasteiger partial charge in [0.05, 0.1) is 6.61 Å². The van der Waals surface area contributed by atoms with Crippen LogP contribution in [0.25, 0.3) is 6.08 Å². The number of benzene rings is 1. The van der Waals surface area contributed by atoms with E-state index in [0.29, 0.717) is 19.1 Å². The van der Waals surface area contributed by atoms with Gasteiger partial charge in [-0.15, -0.1) is 0 Å². The third-order valence-electron chi connectivity index (χ3n) is 2.19. The van der Waals surface area contributed by atoms with Gasteiger partial charge in [0.1, 0.15) is 5.82 Å². The molecule has 0 aromatic heterocycles. The van der Waals surface area contributed by atoms with Crippen molar-refractivity contribution in [2.75, 3.05) is 6.61 Å². The minimum Gasteiger partial charge on any atom is -0.478 e. The number of rotatable bonds is 6. The molecule has 0 amide bonds. The number of hydrogen-bond acceptors (Lipinski definition) is 2. The van der Waals surface area contributed by atoms with Gasteiger partial charge in [0.25, 0.3) is 0 Å². The summed E-state index contributed by atoms with van der Waals surface area (Å²) in [5.41, 5.74) is 1.07. The Morgan fingerprint density at radius 3 is 2.83 bits per heavy atom. The summed E-state index contributed by atoms with van der Waals surface area (Å²) < 4.78 is 18.8. The van der Waals surface area contributed by atoms with E-state index in [2.05, 4.69) is 0 Å². The zero-order valence-electron chi connectivity index (χ0n) is 10.5. The highest BCUT2D eigenvalue weighted by Crippen LogP contribution is 2.13. The van der Waals surface area contributed by atoms with Crippen LogP contribution in [0.2, 0.25) is 0 Å². The van der Waals surface area contributed by atoms with Crippen LogP contribution in [0.15, 0.2) is 24.3 Å². The second kappa shape index (κ2) is 6.91. The Morgan fingerprint density at radius 1 is 1.50 bits per heavy atom. The molecule has 0 atom stereocenters. The molecule has 0 spiro atoms. The van der Waals surface area contributed by atoms with E-state index in [9.17, 15) is 9.18 Å². The Kier molecular flexibility index (Phi) is 5.52. The molecule has 1 N–H and O–H groups in total. The van der Waals surface area contributed by atoms with Crippen LogP contribution in [0.5, 0.6) is 0 Å². The highest BCUT2D eigenvalue weighted by atomic mass is 19.1. The predicted molar refractivity (Wildman–Crippen MR) is 67.6 cm³/mol. The van der Waals surface area contributed by atoms with Gasteiger partial charge in [-0.25, -0.2) is 9.18 Å². The van der Waals surface area contributed by atoms with Gasteiger partial charge in [-0.3, -0.25) is 0 Å². The molecule has 1 rings (SSSR count). The van der Waals surface area contributed by atoms with Crippen molar-refractivity contribution in [2.45, 2.75) is 20.5 Å². The fraction of sp³-hybridized carbons (Fsp3) is 0.357. The lowest BCUT2D eigenvalue weighted by Crippen LogP contribution is -2.02. The first-order valence-electron chi connectivity index (χ1n) is 5.76. The monoisotopic (exact) mass is 252 g/mol. The predicted octanol–water partition coefficient (Wildman–Crippen LogP) is 3.10. The van der Waals surface area contributed by atoms with Crippen molar-refractivity contribution in [3.05, 3.63) is 41.2 Å². The fourth-order valence-corrected chi connectivity index (χ4v) is 1.38. The van der Waals surface area contributed by atoms with Crippen LogP contribution in [-0.4, -0.2) is 17.7 Å². The van der Waals surface area contributed by atoms with Gasteiger partial charge < -0.3 is 9.84 Å². The van der Waals surface area contributed by atoms with E-state index in [-0.39, 0.29) is 5.56 Å². The summed E-state index contributed by atoms with van der Waals surface area (Å²) in [7, 11) is 0. The largest absolute Gasteiger partial charge is 0.478 e. The molecule has 0 saturated heterocycles. The Labute approximate surface area is 106 Å². The molecule has 1 aromatic carbocycles. The van der Waals surface area contributed by atoms with Crippen LogP contribution in [0.4, 0.5) is 4.39 Å². The maximum Gasteiger partial charge on any atom is 0.328 e. The Balaban J connectivity index is 2.71. The lowest BCUT2D eigenvalue weighted by Gasteiger charge is -2.07. The van der Waals surface area contributed by atoms with Crippen molar-refractivity contribution < 1.29 is 19.0 Å². The number of aliphatic carboxylic acids is 1. The van der Waals surface area contributed by atoms with Gasteiger partial charge in [0.2, 0.25) is 0 Å². The SMILES string of the molecule is CC(C)COCc1ccc(F)c(C=CC(=O)O)c1. The van der Waals surface area contributed by atoms with Gasteiger partial charge in [-0.2, -0.15) is 0 Å². The Morgan fingerprint density at radius 2 is 2.22 bits per heavy atom. The van der Waals surface area contributed by atoms with E-state index in [4.69, 9.17) is 9.84 Å². The quantitative estimate of drug-likeness (QED) is 0.791. The lowest BCUT2D eigenvalue weighted by atomic mass is 10.1. The van der Waals surface area contributed by atoms with Gasteiger partial charge in [-0.1, -0.05) is 19.9 Å². The number of hydrogen-bond donors (Lipinski definition) is 1. The Hall–Kier alpha value is -1.68. The number of carboxylic acid groups (broad SMARTS) is 1. The lowest BCUT2D eigenvalue weighted by molar-refractivity contribution is -0.131. The summed E-state index contributed by atoms with van der Waals surface area (Å²) >= 11 is 0. The van der Waals surface area contributed by atoms with E-state index in [1.54, 1.807) is 12.1 Å². The number of carboxylic acids is 1. The summed E-state index contributed by atoms with van der Waals surface area (Å²) in [6.07, 6.45) is 2.15. The maximum atomic E-state index is 13.4. The third-order valence-corrected chi connectivity index (χ3v) is 2.19. The van der Waals surface area contributed by atoms with E-state index in [1.807, 2.05) is 13.8 Å². The fourth-order valence-electron chi connectivity index (χ4n) is 1.38. The first-order valence-corrected chi connectivity index (χ1v) is 5.76. The third kappa shape index (κ3) is 5.10. The normalized spacial score (nSPS) is 11.3. The van der Waals surface area contributed by atoms with Crippen LogP contribution in [0, 0.1) is 11.7 Å². The van der Waals surface area contributed by atoms with Gasteiger partial charge in [0.15, 0.2) is 0 Å². The molecule has 0 saturated carbocycles. The van der Waals surface area contributed by atoms with Gasteiger partial charge >= 0.3 is 5.97 Å². The molecule has 3 nitrogen and oxygen atoms in total. The molecule has 0 unspecified atom stereocenters. The van der Waals surface area contributed by atoms with Crippen LogP contribution in [0.1, 0.15) is 25.0 Å². The van der Waals surface area contributed by atoms with Crippen LogP contribution in [0.3, 0.4) is 0 Å². The molecule has 0 bridgehead atoms. The highest BCUT2D eigenvalue weighted by Gasteiger charge is 2.02. The van der Waals surface area contributed by atoms with Crippen molar-refractivity contribution in [1.29, 1.82) is 0 Å². The zero-order valence-corrected chi connectivity index (χ0v) is 10.5. The smallest absolute Gasteiger partial charge is 0.328 e. The summed E-state index contributed by atoms with van der Waals surface area (Å²) in [6.45, 7) is 5.13. The summed E-state index contributed by atoms with van der Waals surface area (Å²) in [6, 6.07) is 4.54. The maximum absolute atomic E-state index is 13.4. The Bertz CT molecular complexity index is 439. The molecule has 0 aliphatic rings. The van der Waals surface area contributed by atoms with Gasteiger partial charge in [0, 0.05) is 18.2 Å². The average molecular weight is 252 g/mol. The minimum absolute atomic E-state index is 0.253. The second-order valence-electron chi connectivity index (χ2n) is 4.44. The molecule has 4 heteroatoms. The van der Waals surface area contributed by atoms with Crippen LogP contribution < -0.4 is 0 Å². The molecule has 0 aliphatic carbocycles. The van der Waals surface area contributed by atoms with Crippen molar-refractivity contribution in [3.63, 3.8) is 0 Å². The molecule has 18 heavy (non-hydrogen) atoms.